The van der Waals surface area contributed by atoms with E-state index in [1.165, 1.54) is 0 Å². The minimum absolute atomic E-state index is 0.191. The molecule has 0 saturated heterocycles. The Morgan fingerprint density at radius 1 is 1.05 bits per heavy atom. The summed E-state index contributed by atoms with van der Waals surface area (Å²) in [4.78, 5) is 11.5. The quantitative estimate of drug-likeness (QED) is 0.784. The number of nitrogens with zero attached hydrogens (tertiary/aromatic N) is 1. The first-order chi connectivity index (χ1) is 10.2. The number of rotatable bonds is 2. The van der Waals surface area contributed by atoms with Crippen molar-refractivity contribution in [1.82, 2.24) is 4.57 Å². The Morgan fingerprint density at radius 2 is 1.86 bits per heavy atom. The van der Waals surface area contributed by atoms with Crippen molar-refractivity contribution < 1.29 is 19.4 Å². The molecule has 0 aliphatic carbocycles. The minimum atomic E-state index is -0.969. The summed E-state index contributed by atoms with van der Waals surface area (Å²) in [6, 6.07) is 14.6. The zero-order chi connectivity index (χ0) is 14.4. The fraction of sp³-hybridized carbons (Fsp3) is 0.0625. The highest BCUT2D eigenvalue weighted by Crippen LogP contribution is 2.35. The summed E-state index contributed by atoms with van der Waals surface area (Å²) >= 11 is 0. The van der Waals surface area contributed by atoms with Crippen LogP contribution >= 0.6 is 0 Å². The summed E-state index contributed by atoms with van der Waals surface area (Å²) < 4.78 is 12.4. The summed E-state index contributed by atoms with van der Waals surface area (Å²) in [5.74, 6) is 0.331. The standard InChI is InChI=1S/C16H11NO4/c18-16(19)13-7-10-3-1-2-4-12(10)17(13)11-5-6-14-15(8-11)21-9-20-14/h1-8H,9H2,(H,18,19). The summed E-state index contributed by atoms with van der Waals surface area (Å²) in [7, 11) is 0. The second-order valence-electron chi connectivity index (χ2n) is 4.77. The lowest BCUT2D eigenvalue weighted by Gasteiger charge is -2.09. The topological polar surface area (TPSA) is 60.7 Å². The summed E-state index contributed by atoms with van der Waals surface area (Å²) in [6.45, 7) is 0.191. The second kappa shape index (κ2) is 4.28. The number of carboxylic acid groups (broad SMARTS) is 1. The molecule has 4 rings (SSSR count). The van der Waals surface area contributed by atoms with Gasteiger partial charge in [0.25, 0.3) is 0 Å². The minimum Gasteiger partial charge on any atom is -0.477 e. The third-order valence-corrected chi connectivity index (χ3v) is 3.54. The second-order valence-corrected chi connectivity index (χ2v) is 4.77. The molecule has 5 nitrogen and oxygen atoms in total. The largest absolute Gasteiger partial charge is 0.477 e. The molecule has 0 unspecified atom stereocenters. The van der Waals surface area contributed by atoms with Crippen LogP contribution in [0.3, 0.4) is 0 Å². The van der Waals surface area contributed by atoms with Crippen LogP contribution in [0.1, 0.15) is 10.5 Å². The van der Waals surface area contributed by atoms with Gasteiger partial charge in [0, 0.05) is 11.5 Å². The first-order valence-electron chi connectivity index (χ1n) is 6.48. The van der Waals surface area contributed by atoms with Gasteiger partial charge >= 0.3 is 5.97 Å². The molecule has 1 aromatic heterocycles. The molecule has 0 spiro atoms. The summed E-state index contributed by atoms with van der Waals surface area (Å²) in [6.07, 6.45) is 0. The van der Waals surface area contributed by atoms with Gasteiger partial charge in [-0.3, -0.25) is 0 Å². The molecule has 1 aliphatic heterocycles. The van der Waals surface area contributed by atoms with E-state index in [-0.39, 0.29) is 12.5 Å². The Kier molecular flexibility index (Phi) is 2.41. The van der Waals surface area contributed by atoms with Crippen molar-refractivity contribution in [1.29, 1.82) is 0 Å². The molecule has 0 bridgehead atoms. The Hall–Kier alpha value is -2.95. The van der Waals surface area contributed by atoms with Crippen molar-refractivity contribution in [3.05, 3.63) is 54.2 Å². The number of aromatic nitrogens is 1. The van der Waals surface area contributed by atoms with E-state index in [0.717, 1.165) is 16.6 Å². The smallest absolute Gasteiger partial charge is 0.352 e. The third kappa shape index (κ3) is 1.74. The summed E-state index contributed by atoms with van der Waals surface area (Å²) in [5, 5.41) is 10.3. The number of aromatic carboxylic acids is 1. The number of fused-ring (bicyclic) bond motifs is 2. The Labute approximate surface area is 119 Å². The van der Waals surface area contributed by atoms with Gasteiger partial charge in [-0.2, -0.15) is 0 Å². The molecule has 21 heavy (non-hydrogen) atoms. The first-order valence-corrected chi connectivity index (χ1v) is 6.48. The Balaban J connectivity index is 2.00. The third-order valence-electron chi connectivity index (χ3n) is 3.54. The Bertz CT molecular complexity index is 866. The van der Waals surface area contributed by atoms with Gasteiger partial charge in [-0.25, -0.2) is 4.79 Å². The van der Waals surface area contributed by atoms with E-state index in [1.54, 1.807) is 22.8 Å². The van der Waals surface area contributed by atoms with Crippen molar-refractivity contribution in [3.63, 3.8) is 0 Å². The molecule has 2 aromatic carbocycles. The molecule has 0 saturated carbocycles. The normalized spacial score (nSPS) is 12.8. The maximum absolute atomic E-state index is 11.5. The number of carboxylic acids is 1. The van der Waals surface area contributed by atoms with E-state index in [4.69, 9.17) is 9.47 Å². The van der Waals surface area contributed by atoms with Gasteiger partial charge in [0.15, 0.2) is 11.5 Å². The van der Waals surface area contributed by atoms with Crippen LogP contribution in [0.15, 0.2) is 48.5 Å². The molecule has 1 aliphatic rings. The van der Waals surface area contributed by atoms with Gasteiger partial charge < -0.3 is 19.1 Å². The van der Waals surface area contributed by atoms with Crippen molar-refractivity contribution in [2.24, 2.45) is 0 Å². The monoisotopic (exact) mass is 281 g/mol. The zero-order valence-corrected chi connectivity index (χ0v) is 10.9. The highest BCUT2D eigenvalue weighted by molar-refractivity contribution is 5.96. The fourth-order valence-corrected chi connectivity index (χ4v) is 2.61. The van der Waals surface area contributed by atoms with Gasteiger partial charge in [0.05, 0.1) is 11.2 Å². The predicted molar refractivity (Wildman–Crippen MR) is 76.4 cm³/mol. The highest BCUT2D eigenvalue weighted by atomic mass is 16.7. The van der Waals surface area contributed by atoms with Crippen molar-refractivity contribution in [3.8, 4) is 17.2 Å². The molecule has 2 heterocycles. The zero-order valence-electron chi connectivity index (χ0n) is 10.9. The fourth-order valence-electron chi connectivity index (χ4n) is 2.61. The van der Waals surface area contributed by atoms with Crippen LogP contribution in [-0.4, -0.2) is 22.4 Å². The van der Waals surface area contributed by atoms with Crippen LogP contribution in [0.4, 0.5) is 0 Å². The van der Waals surface area contributed by atoms with Gasteiger partial charge in [-0.05, 0) is 24.3 Å². The van der Waals surface area contributed by atoms with E-state index in [9.17, 15) is 9.90 Å². The van der Waals surface area contributed by atoms with Crippen molar-refractivity contribution in [2.75, 3.05) is 6.79 Å². The number of hydrogen-bond donors (Lipinski definition) is 1. The molecule has 0 amide bonds. The average molecular weight is 281 g/mol. The van der Waals surface area contributed by atoms with Crippen LogP contribution in [0.5, 0.6) is 11.5 Å². The molecule has 104 valence electrons. The molecule has 3 aromatic rings. The molecular formula is C16H11NO4. The van der Waals surface area contributed by atoms with E-state index in [0.29, 0.717) is 11.5 Å². The van der Waals surface area contributed by atoms with Crippen LogP contribution in [0, 0.1) is 0 Å². The van der Waals surface area contributed by atoms with Crippen LogP contribution in [0.2, 0.25) is 0 Å². The molecule has 0 atom stereocenters. The van der Waals surface area contributed by atoms with Crippen LogP contribution in [-0.2, 0) is 0 Å². The predicted octanol–water partition coefficient (Wildman–Crippen LogP) is 3.06. The molecule has 5 heteroatoms. The lowest BCUT2D eigenvalue weighted by atomic mass is 10.2. The number of carbonyl (C=O) groups is 1. The van der Waals surface area contributed by atoms with Gasteiger partial charge in [-0.1, -0.05) is 18.2 Å². The Morgan fingerprint density at radius 3 is 2.71 bits per heavy atom. The maximum Gasteiger partial charge on any atom is 0.352 e. The van der Waals surface area contributed by atoms with Crippen molar-refractivity contribution >= 4 is 16.9 Å². The van der Waals surface area contributed by atoms with Gasteiger partial charge in [0.1, 0.15) is 5.69 Å². The molecule has 0 fully saturated rings. The summed E-state index contributed by atoms with van der Waals surface area (Å²) in [5.41, 5.74) is 1.79. The number of ether oxygens (including phenoxy) is 2. The van der Waals surface area contributed by atoms with Gasteiger partial charge in [0.2, 0.25) is 6.79 Å². The molecule has 1 N–H and O–H groups in total. The van der Waals surface area contributed by atoms with E-state index < -0.39 is 5.97 Å². The SMILES string of the molecule is O=C(O)c1cc2ccccc2n1-c1ccc2c(c1)OCO2. The van der Waals surface area contributed by atoms with Gasteiger partial charge in [-0.15, -0.1) is 0 Å². The maximum atomic E-state index is 11.5. The van der Waals surface area contributed by atoms with E-state index in [2.05, 4.69) is 0 Å². The lowest BCUT2D eigenvalue weighted by Crippen LogP contribution is -2.06. The van der Waals surface area contributed by atoms with Crippen LogP contribution in [0.25, 0.3) is 16.6 Å². The lowest BCUT2D eigenvalue weighted by molar-refractivity contribution is 0.0688. The highest BCUT2D eigenvalue weighted by Gasteiger charge is 2.19. The molecular weight excluding hydrogens is 270 g/mol. The van der Waals surface area contributed by atoms with E-state index in [1.807, 2.05) is 30.3 Å². The van der Waals surface area contributed by atoms with E-state index >= 15 is 0 Å². The molecule has 0 radical (unpaired) electrons. The first kappa shape index (κ1) is 11.8. The van der Waals surface area contributed by atoms with Crippen LogP contribution < -0.4 is 9.47 Å². The average Bonchev–Trinajstić information content (AvgIpc) is 3.10. The number of benzene rings is 2. The number of para-hydroxylation sites is 1. The van der Waals surface area contributed by atoms with Crippen molar-refractivity contribution in [2.45, 2.75) is 0 Å². The number of hydrogen-bond acceptors (Lipinski definition) is 3.